The number of para-hydroxylation sites is 1. The van der Waals surface area contributed by atoms with E-state index in [9.17, 15) is 14.7 Å². The van der Waals surface area contributed by atoms with Crippen LogP contribution in [0.1, 0.15) is 24.8 Å². The van der Waals surface area contributed by atoms with Crippen LogP contribution in [0.25, 0.3) is 0 Å². The van der Waals surface area contributed by atoms with Gasteiger partial charge in [-0.15, -0.1) is 0 Å². The fourth-order valence-corrected chi connectivity index (χ4v) is 2.39. The number of carbonyl (C=O) groups is 2. The molecule has 0 bridgehead atoms. The molecule has 0 saturated carbocycles. The van der Waals surface area contributed by atoms with Gasteiger partial charge in [-0.3, -0.25) is 9.59 Å². The summed E-state index contributed by atoms with van der Waals surface area (Å²) in [6.07, 6.45) is 7.25. The Labute approximate surface area is 118 Å². The first kappa shape index (κ1) is 14.1. The molecule has 1 aromatic carbocycles. The maximum Gasteiger partial charge on any atom is 0.311 e. The van der Waals surface area contributed by atoms with Gasteiger partial charge in [0.25, 0.3) is 5.91 Å². The molecule has 0 radical (unpaired) electrons. The Morgan fingerprint density at radius 2 is 2.05 bits per heavy atom. The molecule has 1 aliphatic heterocycles. The van der Waals surface area contributed by atoms with Crippen LogP contribution in [-0.2, 0) is 9.59 Å². The Bertz CT molecular complexity index is 575. The highest BCUT2D eigenvalue weighted by Crippen LogP contribution is 2.35. The second-order valence-electron chi connectivity index (χ2n) is 4.61. The first-order valence-electron chi connectivity index (χ1n) is 6.57. The summed E-state index contributed by atoms with van der Waals surface area (Å²) in [7, 11) is 0. The molecule has 104 valence electrons. The minimum absolute atomic E-state index is 0.126. The molecule has 1 aromatic rings. The van der Waals surface area contributed by atoms with Gasteiger partial charge in [-0.05, 0) is 25.0 Å². The van der Waals surface area contributed by atoms with Crippen LogP contribution in [0.3, 0.4) is 0 Å². The topological polar surface area (TPSA) is 57.6 Å². The molecular weight excluding hydrogens is 254 g/mol. The Morgan fingerprint density at radius 3 is 2.75 bits per heavy atom. The molecule has 20 heavy (non-hydrogen) atoms. The minimum atomic E-state index is -0.839. The number of carboxylic acids is 1. The SMILES string of the molecule is C/C=C/C=CC(=O)N1CCC(C(=O)O)c2ccccc21. The van der Waals surface area contributed by atoms with Gasteiger partial charge in [0.1, 0.15) is 0 Å². The van der Waals surface area contributed by atoms with Gasteiger partial charge in [-0.1, -0.05) is 36.4 Å². The molecule has 1 aliphatic rings. The van der Waals surface area contributed by atoms with Gasteiger partial charge in [-0.25, -0.2) is 0 Å². The molecule has 0 spiro atoms. The van der Waals surface area contributed by atoms with Gasteiger partial charge in [0, 0.05) is 18.3 Å². The monoisotopic (exact) mass is 271 g/mol. The van der Waals surface area contributed by atoms with E-state index in [1.165, 1.54) is 6.08 Å². The van der Waals surface area contributed by atoms with Crippen molar-refractivity contribution < 1.29 is 14.7 Å². The molecule has 4 heteroatoms. The number of amides is 1. The van der Waals surface area contributed by atoms with E-state index in [0.717, 1.165) is 0 Å². The molecular formula is C16H17NO3. The fourth-order valence-electron chi connectivity index (χ4n) is 2.39. The average molecular weight is 271 g/mol. The number of fused-ring (bicyclic) bond motifs is 1. The third-order valence-corrected chi connectivity index (χ3v) is 3.35. The van der Waals surface area contributed by atoms with E-state index in [1.807, 2.05) is 19.1 Å². The number of carbonyl (C=O) groups excluding carboxylic acids is 1. The number of allylic oxidation sites excluding steroid dienone is 3. The van der Waals surface area contributed by atoms with Crippen molar-refractivity contribution >= 4 is 17.6 Å². The average Bonchev–Trinajstić information content (AvgIpc) is 2.46. The van der Waals surface area contributed by atoms with Gasteiger partial charge in [0.05, 0.1) is 5.92 Å². The van der Waals surface area contributed by atoms with Crippen molar-refractivity contribution in [3.05, 3.63) is 54.1 Å². The minimum Gasteiger partial charge on any atom is -0.481 e. The van der Waals surface area contributed by atoms with E-state index < -0.39 is 11.9 Å². The van der Waals surface area contributed by atoms with E-state index in [2.05, 4.69) is 0 Å². The van der Waals surface area contributed by atoms with Crippen molar-refractivity contribution in [2.45, 2.75) is 19.3 Å². The van der Waals surface area contributed by atoms with Gasteiger partial charge >= 0.3 is 5.97 Å². The molecule has 1 unspecified atom stereocenters. The molecule has 1 amide bonds. The quantitative estimate of drug-likeness (QED) is 0.679. The molecule has 1 atom stereocenters. The van der Waals surface area contributed by atoms with Crippen LogP contribution in [0.4, 0.5) is 5.69 Å². The maximum absolute atomic E-state index is 12.2. The van der Waals surface area contributed by atoms with Gasteiger partial charge in [-0.2, -0.15) is 0 Å². The molecule has 2 rings (SSSR count). The summed E-state index contributed by atoms with van der Waals surface area (Å²) in [6, 6.07) is 7.20. The van der Waals surface area contributed by atoms with Crippen LogP contribution in [0.5, 0.6) is 0 Å². The van der Waals surface area contributed by atoms with Gasteiger partial charge in [0.2, 0.25) is 0 Å². The first-order chi connectivity index (χ1) is 9.65. The first-order valence-corrected chi connectivity index (χ1v) is 6.57. The molecule has 4 nitrogen and oxygen atoms in total. The summed E-state index contributed by atoms with van der Waals surface area (Å²) in [6.45, 7) is 2.30. The van der Waals surface area contributed by atoms with Gasteiger partial charge < -0.3 is 10.0 Å². The fraction of sp³-hybridized carbons (Fsp3) is 0.250. The standard InChI is InChI=1S/C16H17NO3/c1-2-3-4-9-15(18)17-11-10-13(16(19)20)12-7-5-6-8-14(12)17/h2-9,13H,10-11H2,1H3,(H,19,20)/b3-2+,9-4?. The maximum atomic E-state index is 12.2. The van der Waals surface area contributed by atoms with Crippen molar-refractivity contribution in [3.63, 3.8) is 0 Å². The molecule has 0 aliphatic carbocycles. The molecule has 1 N–H and O–H groups in total. The summed E-state index contributed by atoms with van der Waals surface area (Å²) in [5.41, 5.74) is 1.40. The number of carboxylic acid groups (broad SMARTS) is 1. The van der Waals surface area contributed by atoms with E-state index >= 15 is 0 Å². The second kappa shape index (κ2) is 6.19. The number of anilines is 1. The van der Waals surface area contributed by atoms with Crippen LogP contribution in [-0.4, -0.2) is 23.5 Å². The third kappa shape index (κ3) is 2.79. The molecule has 0 aromatic heterocycles. The van der Waals surface area contributed by atoms with Crippen LogP contribution in [0.2, 0.25) is 0 Å². The Hall–Kier alpha value is -2.36. The van der Waals surface area contributed by atoms with Crippen LogP contribution < -0.4 is 4.90 Å². The molecule has 1 heterocycles. The summed E-state index contributed by atoms with van der Waals surface area (Å²) in [5.74, 6) is -1.50. The number of benzene rings is 1. The lowest BCUT2D eigenvalue weighted by Gasteiger charge is -2.32. The van der Waals surface area contributed by atoms with Crippen molar-refractivity contribution in [1.29, 1.82) is 0 Å². The normalized spacial score (nSPS) is 18.4. The number of aliphatic carboxylic acids is 1. The largest absolute Gasteiger partial charge is 0.481 e. The lowest BCUT2D eigenvalue weighted by Crippen LogP contribution is -2.37. The second-order valence-corrected chi connectivity index (χ2v) is 4.61. The highest BCUT2D eigenvalue weighted by Gasteiger charge is 2.31. The lowest BCUT2D eigenvalue weighted by molar-refractivity contribution is -0.139. The number of hydrogen-bond acceptors (Lipinski definition) is 2. The Kier molecular flexibility index (Phi) is 4.35. The Balaban J connectivity index is 2.32. The van der Waals surface area contributed by atoms with Crippen molar-refractivity contribution in [2.24, 2.45) is 0 Å². The Morgan fingerprint density at radius 1 is 1.30 bits per heavy atom. The highest BCUT2D eigenvalue weighted by atomic mass is 16.4. The highest BCUT2D eigenvalue weighted by molar-refractivity contribution is 6.03. The summed E-state index contributed by atoms with van der Waals surface area (Å²) in [5, 5.41) is 9.26. The number of nitrogens with zero attached hydrogens (tertiary/aromatic N) is 1. The molecule has 0 fully saturated rings. The number of hydrogen-bond donors (Lipinski definition) is 1. The third-order valence-electron chi connectivity index (χ3n) is 3.35. The van der Waals surface area contributed by atoms with Crippen LogP contribution in [0, 0.1) is 0 Å². The predicted molar refractivity (Wildman–Crippen MR) is 77.7 cm³/mol. The predicted octanol–water partition coefficient (Wildman–Crippen LogP) is 2.72. The van der Waals surface area contributed by atoms with Crippen molar-refractivity contribution in [3.8, 4) is 0 Å². The summed E-state index contributed by atoms with van der Waals surface area (Å²) in [4.78, 5) is 25.1. The summed E-state index contributed by atoms with van der Waals surface area (Å²) >= 11 is 0. The van der Waals surface area contributed by atoms with Crippen molar-refractivity contribution in [2.75, 3.05) is 11.4 Å². The van der Waals surface area contributed by atoms with Crippen LogP contribution >= 0.6 is 0 Å². The zero-order chi connectivity index (χ0) is 14.5. The van der Waals surface area contributed by atoms with Gasteiger partial charge in [0.15, 0.2) is 0 Å². The lowest BCUT2D eigenvalue weighted by atomic mass is 9.90. The zero-order valence-electron chi connectivity index (χ0n) is 11.3. The molecule has 0 saturated heterocycles. The summed E-state index contributed by atoms with van der Waals surface area (Å²) < 4.78 is 0. The smallest absolute Gasteiger partial charge is 0.311 e. The van der Waals surface area contributed by atoms with E-state index in [1.54, 1.807) is 35.3 Å². The van der Waals surface area contributed by atoms with Crippen LogP contribution in [0.15, 0.2) is 48.6 Å². The van der Waals surface area contributed by atoms with E-state index in [0.29, 0.717) is 24.2 Å². The van der Waals surface area contributed by atoms with Crippen molar-refractivity contribution in [1.82, 2.24) is 0 Å². The number of rotatable bonds is 3. The zero-order valence-corrected chi connectivity index (χ0v) is 11.3. The van der Waals surface area contributed by atoms with E-state index in [4.69, 9.17) is 0 Å². The van der Waals surface area contributed by atoms with E-state index in [-0.39, 0.29) is 5.91 Å².